The van der Waals surface area contributed by atoms with Gasteiger partial charge in [0.05, 0.1) is 23.9 Å². The fourth-order valence-corrected chi connectivity index (χ4v) is 4.01. The van der Waals surface area contributed by atoms with Gasteiger partial charge in [0.1, 0.15) is 0 Å². The standard InChI is InChI=1S/C21H33NO3/c1-20(2)13-19(21(3,4)25-20)22-14-16-6-5-7-17(12-16)15-24-18-8-10-23-11-9-18/h5-7,12,18-19,22H,8-11,13-15H2,1-4H3/t19-/m0/s1. The Hall–Kier alpha value is -0.940. The van der Waals surface area contributed by atoms with E-state index in [2.05, 4.69) is 57.3 Å². The molecule has 2 saturated heterocycles. The lowest BCUT2D eigenvalue weighted by Crippen LogP contribution is -2.42. The van der Waals surface area contributed by atoms with E-state index in [1.54, 1.807) is 0 Å². The molecule has 4 heteroatoms. The van der Waals surface area contributed by atoms with E-state index in [1.807, 2.05) is 0 Å². The maximum atomic E-state index is 6.17. The molecule has 25 heavy (non-hydrogen) atoms. The summed E-state index contributed by atoms with van der Waals surface area (Å²) in [6, 6.07) is 9.07. The lowest BCUT2D eigenvalue weighted by molar-refractivity contribution is -0.0699. The van der Waals surface area contributed by atoms with Crippen LogP contribution in [0.1, 0.15) is 58.1 Å². The fraction of sp³-hybridized carbons (Fsp3) is 0.714. The molecule has 0 unspecified atom stereocenters. The molecule has 0 spiro atoms. The third-order valence-corrected chi connectivity index (χ3v) is 5.27. The molecule has 0 amide bonds. The highest BCUT2D eigenvalue weighted by Crippen LogP contribution is 2.37. The van der Waals surface area contributed by atoms with Crippen molar-refractivity contribution in [2.75, 3.05) is 13.2 Å². The lowest BCUT2D eigenvalue weighted by atomic mass is 9.94. The van der Waals surface area contributed by atoms with Gasteiger partial charge in [0, 0.05) is 25.8 Å². The van der Waals surface area contributed by atoms with Crippen LogP contribution in [-0.2, 0) is 27.4 Å². The normalized spacial score (nSPS) is 26.0. The summed E-state index contributed by atoms with van der Waals surface area (Å²) in [5.41, 5.74) is 2.36. The maximum absolute atomic E-state index is 6.17. The summed E-state index contributed by atoms with van der Waals surface area (Å²) in [4.78, 5) is 0. The van der Waals surface area contributed by atoms with Gasteiger partial charge in [-0.15, -0.1) is 0 Å². The number of ether oxygens (including phenoxy) is 3. The van der Waals surface area contributed by atoms with E-state index >= 15 is 0 Å². The van der Waals surface area contributed by atoms with Crippen molar-refractivity contribution in [3.63, 3.8) is 0 Å². The van der Waals surface area contributed by atoms with Gasteiger partial charge in [-0.05, 0) is 58.1 Å². The molecule has 0 aromatic heterocycles. The van der Waals surface area contributed by atoms with Gasteiger partial charge in [0.25, 0.3) is 0 Å². The predicted molar refractivity (Wildman–Crippen MR) is 99.6 cm³/mol. The molecule has 1 aromatic carbocycles. The zero-order valence-electron chi connectivity index (χ0n) is 16.1. The highest BCUT2D eigenvalue weighted by molar-refractivity contribution is 5.23. The Morgan fingerprint density at radius 2 is 1.84 bits per heavy atom. The summed E-state index contributed by atoms with van der Waals surface area (Å²) in [7, 11) is 0. The Labute approximate surface area is 152 Å². The second-order valence-corrected chi connectivity index (χ2v) is 8.55. The largest absolute Gasteiger partial charge is 0.381 e. The van der Waals surface area contributed by atoms with Crippen LogP contribution in [0.2, 0.25) is 0 Å². The summed E-state index contributed by atoms with van der Waals surface area (Å²) in [6.45, 7) is 11.9. The Kier molecular flexibility index (Phi) is 5.84. The van der Waals surface area contributed by atoms with Crippen molar-refractivity contribution in [2.45, 2.75) is 83.5 Å². The van der Waals surface area contributed by atoms with E-state index in [0.717, 1.165) is 39.0 Å². The fourth-order valence-electron chi connectivity index (χ4n) is 4.01. The molecular formula is C21H33NO3. The molecule has 4 nitrogen and oxygen atoms in total. The molecule has 1 N–H and O–H groups in total. The molecular weight excluding hydrogens is 314 g/mol. The zero-order chi connectivity index (χ0) is 17.9. The maximum Gasteiger partial charge on any atom is 0.0787 e. The first kappa shape index (κ1) is 18.8. The van der Waals surface area contributed by atoms with Crippen LogP contribution < -0.4 is 5.32 Å². The van der Waals surface area contributed by atoms with E-state index in [0.29, 0.717) is 18.8 Å². The molecule has 2 aliphatic heterocycles. The van der Waals surface area contributed by atoms with Crippen molar-refractivity contribution in [2.24, 2.45) is 0 Å². The molecule has 0 saturated carbocycles. The van der Waals surface area contributed by atoms with Crippen LogP contribution in [-0.4, -0.2) is 36.6 Å². The van der Waals surface area contributed by atoms with Crippen LogP contribution in [0.3, 0.4) is 0 Å². The smallest absolute Gasteiger partial charge is 0.0787 e. The van der Waals surface area contributed by atoms with Crippen LogP contribution in [0.5, 0.6) is 0 Å². The zero-order valence-corrected chi connectivity index (χ0v) is 16.1. The molecule has 2 aliphatic rings. The molecule has 0 aliphatic carbocycles. The quantitative estimate of drug-likeness (QED) is 0.849. The first-order valence-electron chi connectivity index (χ1n) is 9.55. The van der Waals surface area contributed by atoms with E-state index in [1.165, 1.54) is 11.1 Å². The van der Waals surface area contributed by atoms with Crippen molar-refractivity contribution in [3.05, 3.63) is 35.4 Å². The van der Waals surface area contributed by atoms with Gasteiger partial charge in [0.15, 0.2) is 0 Å². The minimum Gasteiger partial charge on any atom is -0.381 e. The number of hydrogen-bond donors (Lipinski definition) is 1. The van der Waals surface area contributed by atoms with Crippen LogP contribution in [0.4, 0.5) is 0 Å². The van der Waals surface area contributed by atoms with E-state index in [9.17, 15) is 0 Å². The minimum absolute atomic E-state index is 0.0550. The van der Waals surface area contributed by atoms with Crippen molar-refractivity contribution < 1.29 is 14.2 Å². The van der Waals surface area contributed by atoms with E-state index in [4.69, 9.17) is 14.2 Å². The third-order valence-electron chi connectivity index (χ3n) is 5.27. The molecule has 2 fully saturated rings. The van der Waals surface area contributed by atoms with Gasteiger partial charge < -0.3 is 19.5 Å². The highest BCUT2D eigenvalue weighted by Gasteiger charge is 2.45. The number of benzene rings is 1. The first-order chi connectivity index (χ1) is 11.8. The summed E-state index contributed by atoms with van der Waals surface area (Å²) >= 11 is 0. The molecule has 140 valence electrons. The summed E-state index contributed by atoms with van der Waals surface area (Å²) in [5.74, 6) is 0. The van der Waals surface area contributed by atoms with Gasteiger partial charge in [-0.25, -0.2) is 0 Å². The van der Waals surface area contributed by atoms with Crippen molar-refractivity contribution in [3.8, 4) is 0 Å². The second kappa shape index (κ2) is 7.75. The average molecular weight is 347 g/mol. The topological polar surface area (TPSA) is 39.7 Å². The molecule has 1 aromatic rings. The van der Waals surface area contributed by atoms with Crippen molar-refractivity contribution >= 4 is 0 Å². The van der Waals surface area contributed by atoms with Crippen LogP contribution in [0, 0.1) is 0 Å². The summed E-state index contributed by atoms with van der Waals surface area (Å²) in [5, 5.41) is 3.69. The lowest BCUT2D eigenvalue weighted by Gasteiger charge is -2.28. The monoisotopic (exact) mass is 347 g/mol. The predicted octanol–water partition coefficient (Wildman–Crippen LogP) is 3.82. The molecule has 0 bridgehead atoms. The van der Waals surface area contributed by atoms with Gasteiger partial charge >= 0.3 is 0 Å². The average Bonchev–Trinajstić information content (AvgIpc) is 2.79. The highest BCUT2D eigenvalue weighted by atomic mass is 16.5. The number of nitrogens with one attached hydrogen (secondary N) is 1. The van der Waals surface area contributed by atoms with Crippen LogP contribution >= 0.6 is 0 Å². The third kappa shape index (κ3) is 5.27. The number of rotatable bonds is 6. The summed E-state index contributed by atoms with van der Waals surface area (Å²) < 4.78 is 17.6. The Morgan fingerprint density at radius 3 is 2.52 bits per heavy atom. The summed E-state index contributed by atoms with van der Waals surface area (Å²) in [6.07, 6.45) is 3.39. The first-order valence-corrected chi connectivity index (χ1v) is 9.55. The van der Waals surface area contributed by atoms with Gasteiger partial charge in [0.2, 0.25) is 0 Å². The number of hydrogen-bond acceptors (Lipinski definition) is 4. The van der Waals surface area contributed by atoms with Gasteiger partial charge in [-0.1, -0.05) is 24.3 Å². The molecule has 3 rings (SSSR count). The van der Waals surface area contributed by atoms with E-state index in [-0.39, 0.29) is 11.2 Å². The van der Waals surface area contributed by atoms with Gasteiger partial charge in [-0.2, -0.15) is 0 Å². The second-order valence-electron chi connectivity index (χ2n) is 8.55. The van der Waals surface area contributed by atoms with Gasteiger partial charge in [-0.3, -0.25) is 0 Å². The Morgan fingerprint density at radius 1 is 1.12 bits per heavy atom. The van der Waals surface area contributed by atoms with Crippen LogP contribution in [0.25, 0.3) is 0 Å². The molecule has 0 radical (unpaired) electrons. The Balaban J connectivity index is 1.51. The Bertz CT molecular complexity index is 564. The van der Waals surface area contributed by atoms with Crippen LogP contribution in [0.15, 0.2) is 24.3 Å². The SMILES string of the molecule is CC1(C)C[C@H](NCc2cccc(COC3CCOCC3)c2)C(C)(C)O1. The minimum atomic E-state index is -0.132. The van der Waals surface area contributed by atoms with Crippen molar-refractivity contribution in [1.82, 2.24) is 5.32 Å². The van der Waals surface area contributed by atoms with Crippen molar-refractivity contribution in [1.29, 1.82) is 0 Å². The molecule has 2 heterocycles. The molecule has 1 atom stereocenters. The van der Waals surface area contributed by atoms with E-state index < -0.39 is 0 Å².